The van der Waals surface area contributed by atoms with Gasteiger partial charge in [-0.1, -0.05) is 6.07 Å². The van der Waals surface area contributed by atoms with Crippen LogP contribution in [0, 0.1) is 0 Å². The first-order valence-electron chi connectivity index (χ1n) is 6.45. The van der Waals surface area contributed by atoms with Crippen LogP contribution < -0.4 is 10.1 Å². The van der Waals surface area contributed by atoms with E-state index in [1.807, 2.05) is 25.2 Å². The zero-order chi connectivity index (χ0) is 15.4. The number of hydrogen-bond donors (Lipinski definition) is 1. The Morgan fingerprint density at radius 1 is 1.30 bits per heavy atom. The highest BCUT2D eigenvalue weighted by molar-refractivity contribution is 9.10. The van der Waals surface area contributed by atoms with Crippen molar-refractivity contribution in [2.24, 2.45) is 0 Å². The molecule has 0 saturated carbocycles. The molecule has 0 aromatic heterocycles. The molecule has 1 aromatic carbocycles. The first kappa shape index (κ1) is 17.5. The summed E-state index contributed by atoms with van der Waals surface area (Å²) in [7, 11) is -1.26. The minimum absolute atomic E-state index is 0.0151. The van der Waals surface area contributed by atoms with Gasteiger partial charge < -0.3 is 10.1 Å². The lowest BCUT2D eigenvalue weighted by Crippen LogP contribution is -2.32. The minimum atomic E-state index is -3.15. The third kappa shape index (κ3) is 4.75. The molecule has 0 saturated heterocycles. The number of ether oxygens (including phenoxy) is 1. The predicted molar refractivity (Wildman–Crippen MR) is 85.9 cm³/mol. The Hall–Kier alpha value is -0.590. The average molecular weight is 364 g/mol. The van der Waals surface area contributed by atoms with Crippen molar-refractivity contribution >= 4 is 25.8 Å². The summed E-state index contributed by atoms with van der Waals surface area (Å²) in [5.41, 5.74) is 1.13. The number of hydrogen-bond acceptors (Lipinski definition) is 4. The molecule has 0 aliphatic heterocycles. The summed E-state index contributed by atoms with van der Waals surface area (Å²) in [6, 6.07) is 5.76. The maximum atomic E-state index is 12.0. The Morgan fingerprint density at radius 2 is 1.95 bits per heavy atom. The van der Waals surface area contributed by atoms with Gasteiger partial charge >= 0.3 is 0 Å². The van der Waals surface area contributed by atoms with Gasteiger partial charge in [-0.15, -0.1) is 0 Å². The second kappa shape index (κ2) is 6.91. The van der Waals surface area contributed by atoms with E-state index in [4.69, 9.17) is 4.74 Å². The summed E-state index contributed by atoms with van der Waals surface area (Å²) in [6.45, 7) is 6.03. The van der Waals surface area contributed by atoms with Gasteiger partial charge in [-0.25, -0.2) is 8.42 Å². The van der Waals surface area contributed by atoms with E-state index in [1.165, 1.54) is 0 Å². The monoisotopic (exact) mass is 363 g/mol. The molecule has 1 aromatic rings. The lowest BCUT2D eigenvalue weighted by molar-refractivity contribution is 0.337. The smallest absolute Gasteiger partial charge is 0.158 e. The predicted octanol–water partition coefficient (Wildman–Crippen LogP) is 2.76. The van der Waals surface area contributed by atoms with Gasteiger partial charge in [0.05, 0.1) is 15.0 Å². The van der Waals surface area contributed by atoms with Crippen molar-refractivity contribution < 1.29 is 13.2 Å². The van der Waals surface area contributed by atoms with Crippen molar-refractivity contribution in [3.8, 4) is 5.75 Å². The molecule has 0 fully saturated rings. The molecule has 0 unspecified atom stereocenters. The third-order valence-electron chi connectivity index (χ3n) is 2.92. The summed E-state index contributed by atoms with van der Waals surface area (Å²) in [5.74, 6) is 0.676. The second-order valence-electron chi connectivity index (χ2n) is 5.57. The Kier molecular flexibility index (Phi) is 6.04. The quantitative estimate of drug-likeness (QED) is 0.844. The van der Waals surface area contributed by atoms with E-state index >= 15 is 0 Å². The number of rotatable bonds is 6. The van der Waals surface area contributed by atoms with E-state index in [-0.39, 0.29) is 12.4 Å². The molecule has 4 nitrogen and oxygen atoms in total. The molecular formula is C14H22BrNO3S. The molecule has 0 bridgehead atoms. The topological polar surface area (TPSA) is 55.4 Å². The first-order valence-corrected chi connectivity index (χ1v) is 8.90. The minimum Gasteiger partial charge on any atom is -0.491 e. The van der Waals surface area contributed by atoms with Crippen LogP contribution >= 0.6 is 15.9 Å². The maximum absolute atomic E-state index is 12.0. The van der Waals surface area contributed by atoms with Gasteiger partial charge in [-0.05, 0) is 61.4 Å². The van der Waals surface area contributed by atoms with E-state index < -0.39 is 14.6 Å². The highest BCUT2D eigenvalue weighted by Gasteiger charge is 2.28. The number of nitrogens with one attached hydrogen (secondary N) is 1. The molecule has 0 atom stereocenters. The summed E-state index contributed by atoms with van der Waals surface area (Å²) >= 11 is 3.44. The van der Waals surface area contributed by atoms with E-state index in [1.54, 1.807) is 20.8 Å². The Labute approximate surface area is 130 Å². The van der Waals surface area contributed by atoms with Crippen LogP contribution in [0.3, 0.4) is 0 Å². The molecule has 0 radical (unpaired) electrons. The average Bonchev–Trinajstić information content (AvgIpc) is 2.30. The fraction of sp³-hybridized carbons (Fsp3) is 0.571. The largest absolute Gasteiger partial charge is 0.491 e. The van der Waals surface area contributed by atoms with E-state index in [9.17, 15) is 8.42 Å². The van der Waals surface area contributed by atoms with Gasteiger partial charge in [0, 0.05) is 6.54 Å². The van der Waals surface area contributed by atoms with Gasteiger partial charge in [-0.2, -0.15) is 0 Å². The summed E-state index contributed by atoms with van der Waals surface area (Å²) in [4.78, 5) is 0. The second-order valence-corrected chi connectivity index (χ2v) is 9.29. The van der Waals surface area contributed by atoms with Gasteiger partial charge in [0.1, 0.15) is 12.4 Å². The molecule has 0 aliphatic carbocycles. The molecule has 0 heterocycles. The van der Waals surface area contributed by atoms with Crippen LogP contribution in [-0.4, -0.2) is 32.6 Å². The van der Waals surface area contributed by atoms with Crippen LogP contribution in [0.5, 0.6) is 5.75 Å². The van der Waals surface area contributed by atoms with E-state index in [0.29, 0.717) is 5.75 Å². The Balaban J connectivity index is 2.63. The zero-order valence-electron chi connectivity index (χ0n) is 12.4. The highest BCUT2D eigenvalue weighted by atomic mass is 79.9. The van der Waals surface area contributed by atoms with E-state index in [0.717, 1.165) is 16.6 Å². The number of sulfone groups is 1. The van der Waals surface area contributed by atoms with Crippen LogP contribution in [0.2, 0.25) is 0 Å². The van der Waals surface area contributed by atoms with Crippen LogP contribution in [-0.2, 0) is 16.4 Å². The summed E-state index contributed by atoms with van der Waals surface area (Å²) in [5, 5.41) is 3.07. The first-order chi connectivity index (χ1) is 9.17. The van der Waals surface area contributed by atoms with Crippen LogP contribution in [0.4, 0.5) is 0 Å². The molecular weight excluding hydrogens is 342 g/mol. The summed E-state index contributed by atoms with van der Waals surface area (Å²) < 4.78 is 29.6. The number of benzene rings is 1. The molecule has 0 spiro atoms. The maximum Gasteiger partial charge on any atom is 0.158 e. The highest BCUT2D eigenvalue weighted by Crippen LogP contribution is 2.26. The van der Waals surface area contributed by atoms with Crippen molar-refractivity contribution in [3.63, 3.8) is 0 Å². The molecule has 1 N–H and O–H groups in total. The molecule has 114 valence electrons. The van der Waals surface area contributed by atoms with Crippen LogP contribution in [0.15, 0.2) is 22.7 Å². The van der Waals surface area contributed by atoms with Gasteiger partial charge in [-0.3, -0.25) is 0 Å². The van der Waals surface area contributed by atoms with Gasteiger partial charge in [0.15, 0.2) is 9.84 Å². The standard InChI is InChI=1S/C14H22BrNO3S/c1-14(2,3)20(17,18)8-7-19-13-6-5-11(10-16-4)9-12(13)15/h5-6,9,16H,7-8,10H2,1-4H3. The fourth-order valence-electron chi connectivity index (χ4n) is 1.54. The van der Waals surface area contributed by atoms with Crippen molar-refractivity contribution in [1.82, 2.24) is 5.32 Å². The Bertz CT molecular complexity index is 550. The third-order valence-corrected chi connectivity index (χ3v) is 6.11. The molecule has 20 heavy (non-hydrogen) atoms. The molecule has 0 amide bonds. The summed E-state index contributed by atoms with van der Waals surface area (Å²) in [6.07, 6.45) is 0. The van der Waals surface area contributed by atoms with Crippen LogP contribution in [0.1, 0.15) is 26.3 Å². The SMILES string of the molecule is CNCc1ccc(OCCS(=O)(=O)C(C)(C)C)c(Br)c1. The number of halogens is 1. The normalized spacial score (nSPS) is 12.4. The van der Waals surface area contributed by atoms with Crippen molar-refractivity contribution in [2.45, 2.75) is 32.1 Å². The lowest BCUT2D eigenvalue weighted by Gasteiger charge is -2.19. The molecule has 6 heteroatoms. The molecule has 1 rings (SSSR count). The Morgan fingerprint density at radius 3 is 2.45 bits per heavy atom. The lowest BCUT2D eigenvalue weighted by atomic mass is 10.2. The van der Waals surface area contributed by atoms with Crippen molar-refractivity contribution in [2.75, 3.05) is 19.4 Å². The van der Waals surface area contributed by atoms with Crippen molar-refractivity contribution in [3.05, 3.63) is 28.2 Å². The van der Waals surface area contributed by atoms with Gasteiger partial charge in [0.25, 0.3) is 0 Å². The fourth-order valence-corrected chi connectivity index (χ4v) is 3.00. The van der Waals surface area contributed by atoms with Gasteiger partial charge in [0.2, 0.25) is 0 Å². The van der Waals surface area contributed by atoms with E-state index in [2.05, 4.69) is 21.2 Å². The molecule has 0 aliphatic rings. The zero-order valence-corrected chi connectivity index (χ0v) is 14.8. The van der Waals surface area contributed by atoms with Crippen molar-refractivity contribution in [1.29, 1.82) is 0 Å². The van der Waals surface area contributed by atoms with Crippen LogP contribution in [0.25, 0.3) is 0 Å².